The summed E-state index contributed by atoms with van der Waals surface area (Å²) in [5.74, 6) is 2.33. The van der Waals surface area contributed by atoms with Crippen molar-refractivity contribution in [1.82, 2.24) is 39.9 Å². The second kappa shape index (κ2) is 26.7. The zero-order valence-electron chi connectivity index (χ0n) is 50.4. The van der Waals surface area contributed by atoms with Crippen molar-refractivity contribution < 1.29 is 18.5 Å². The van der Waals surface area contributed by atoms with Gasteiger partial charge >= 0.3 is 7.69 Å². The molecule has 6 heterocycles. The van der Waals surface area contributed by atoms with Crippen molar-refractivity contribution in [3.63, 3.8) is 0 Å². The van der Waals surface area contributed by atoms with Gasteiger partial charge in [-0.15, -0.1) is 0 Å². The highest BCUT2D eigenvalue weighted by Gasteiger charge is 2.16. The van der Waals surface area contributed by atoms with E-state index in [4.69, 9.17) is 51.7 Å². The third kappa shape index (κ3) is 12.9. The van der Waals surface area contributed by atoms with Gasteiger partial charge in [0.05, 0.1) is 17.1 Å². The molecule has 17 rings (SSSR count). The Morgan fingerprint density at radius 1 is 0.326 bits per heavy atom. The molecule has 0 spiro atoms. The van der Waals surface area contributed by atoms with E-state index in [1.54, 1.807) is 18.5 Å². The molecular formula is C80H50BCl2N8O4. The summed E-state index contributed by atoms with van der Waals surface area (Å²) in [5.41, 5.74) is 17.4. The van der Waals surface area contributed by atoms with Gasteiger partial charge in [-0.25, -0.2) is 39.9 Å². The molecule has 0 aliphatic carbocycles. The van der Waals surface area contributed by atoms with E-state index in [9.17, 15) is 0 Å². The van der Waals surface area contributed by atoms with Crippen LogP contribution in [0.4, 0.5) is 0 Å². The summed E-state index contributed by atoms with van der Waals surface area (Å²) in [6.07, 6.45) is 3.38. The lowest BCUT2D eigenvalue weighted by Crippen LogP contribution is -1.99. The van der Waals surface area contributed by atoms with E-state index in [0.717, 1.165) is 72.5 Å². The van der Waals surface area contributed by atoms with Crippen LogP contribution in [0.25, 0.3) is 156 Å². The number of pyridine rings is 2. The molecule has 95 heavy (non-hydrogen) atoms. The fraction of sp³-hybridized carbons (Fsp3) is 0. The number of fused-ring (bicyclic) bond motifs is 5. The van der Waals surface area contributed by atoms with Gasteiger partial charge in [-0.3, -0.25) is 0 Å². The van der Waals surface area contributed by atoms with Gasteiger partial charge in [-0.1, -0.05) is 224 Å². The zero-order valence-corrected chi connectivity index (χ0v) is 51.9. The topological polar surface area (TPSA) is 159 Å². The second-order valence-corrected chi connectivity index (χ2v) is 22.9. The van der Waals surface area contributed by atoms with Crippen LogP contribution in [0.1, 0.15) is 0 Å². The third-order valence-corrected chi connectivity index (χ3v) is 16.6. The molecule has 451 valence electrons. The molecule has 6 aromatic heterocycles. The number of benzene rings is 11. The lowest BCUT2D eigenvalue weighted by Gasteiger charge is -2.12. The van der Waals surface area contributed by atoms with Crippen LogP contribution >= 0.6 is 23.2 Å². The van der Waals surface area contributed by atoms with Crippen molar-refractivity contribution >= 4 is 85.7 Å². The Bertz CT molecular complexity index is 5360. The van der Waals surface area contributed by atoms with Crippen LogP contribution in [-0.4, -0.2) is 52.6 Å². The highest BCUT2D eigenvalue weighted by Crippen LogP contribution is 2.37. The van der Waals surface area contributed by atoms with Crippen LogP contribution in [0.3, 0.4) is 0 Å². The van der Waals surface area contributed by atoms with Gasteiger partial charge in [0, 0.05) is 51.8 Å². The smallest absolute Gasteiger partial charge is 0.537 e. The minimum atomic E-state index is 0.113. The Labute approximate surface area is 555 Å². The fourth-order valence-electron chi connectivity index (χ4n) is 11.6. The summed E-state index contributed by atoms with van der Waals surface area (Å²) < 4.78 is 16.5. The van der Waals surface area contributed by atoms with E-state index >= 15 is 0 Å². The van der Waals surface area contributed by atoms with Crippen LogP contribution < -0.4 is 4.65 Å². The molecule has 11 aromatic carbocycles. The highest BCUT2D eigenvalue weighted by atomic mass is 35.5. The van der Waals surface area contributed by atoms with Gasteiger partial charge in [-0.05, 0) is 144 Å². The predicted molar refractivity (Wildman–Crippen MR) is 381 cm³/mol. The Morgan fingerprint density at radius 2 is 0.695 bits per heavy atom. The Kier molecular flexibility index (Phi) is 16.7. The van der Waals surface area contributed by atoms with E-state index in [-0.39, 0.29) is 5.28 Å². The van der Waals surface area contributed by atoms with Crippen molar-refractivity contribution in [2.24, 2.45) is 0 Å². The number of aromatic nitrogens is 8. The number of oxazole rings is 2. The molecule has 0 saturated carbocycles. The average molecular weight is 1270 g/mol. The molecule has 1 radical (unpaired) electrons. The lowest BCUT2D eigenvalue weighted by atomic mass is 9.96. The molecule has 0 fully saturated rings. The Morgan fingerprint density at radius 3 is 1.11 bits per heavy atom. The monoisotopic (exact) mass is 1270 g/mol. The highest BCUT2D eigenvalue weighted by molar-refractivity contribution is 6.32. The van der Waals surface area contributed by atoms with Crippen LogP contribution in [-0.2, 0) is 0 Å². The van der Waals surface area contributed by atoms with E-state index in [1.807, 2.05) is 97.1 Å². The van der Waals surface area contributed by atoms with Gasteiger partial charge < -0.3 is 18.5 Å². The summed E-state index contributed by atoms with van der Waals surface area (Å²) in [7, 11) is 0.687. The Balaban J connectivity index is 0.000000144. The first-order valence-corrected chi connectivity index (χ1v) is 31.2. The first-order valence-electron chi connectivity index (χ1n) is 30.4. The first kappa shape index (κ1) is 59.3. The molecule has 0 saturated heterocycles. The molecule has 0 amide bonds. The number of hydrogen-bond donors (Lipinski definition) is 1. The summed E-state index contributed by atoms with van der Waals surface area (Å²) in [4.78, 5) is 35.8. The van der Waals surface area contributed by atoms with Crippen molar-refractivity contribution in [2.75, 3.05) is 0 Å². The molecule has 0 atom stereocenters. The molecule has 12 nitrogen and oxygen atoms in total. The van der Waals surface area contributed by atoms with Crippen LogP contribution in [0.15, 0.2) is 306 Å². The van der Waals surface area contributed by atoms with Gasteiger partial charge in [0.1, 0.15) is 21.9 Å². The van der Waals surface area contributed by atoms with Gasteiger partial charge in [-0.2, -0.15) is 0 Å². The Hall–Kier alpha value is -12.0. The van der Waals surface area contributed by atoms with E-state index in [0.29, 0.717) is 53.3 Å². The predicted octanol–water partition coefficient (Wildman–Crippen LogP) is 20.4. The number of hydrogen-bond acceptors (Lipinski definition) is 12. The van der Waals surface area contributed by atoms with E-state index in [1.165, 1.54) is 49.0 Å². The third-order valence-electron chi connectivity index (χ3n) is 16.3. The maximum Gasteiger partial charge on any atom is 0.569 e. The molecule has 0 aliphatic heterocycles. The van der Waals surface area contributed by atoms with Gasteiger partial charge in [0.15, 0.2) is 5.82 Å². The summed E-state index contributed by atoms with van der Waals surface area (Å²) >= 11 is 11.7. The van der Waals surface area contributed by atoms with Crippen molar-refractivity contribution in [2.45, 2.75) is 0 Å². The zero-order chi connectivity index (χ0) is 64.0. The maximum absolute atomic E-state index is 8.60. The van der Waals surface area contributed by atoms with Crippen LogP contribution in [0.2, 0.25) is 10.4 Å². The molecule has 0 unspecified atom stereocenters. The number of rotatable bonds is 11. The van der Waals surface area contributed by atoms with Gasteiger partial charge in [0.25, 0.3) is 0 Å². The minimum Gasteiger partial charge on any atom is -0.537 e. The summed E-state index contributed by atoms with van der Waals surface area (Å²) in [5, 5.41) is 16.4. The second-order valence-electron chi connectivity index (χ2n) is 22.1. The maximum atomic E-state index is 8.60. The first-order chi connectivity index (χ1) is 46.8. The van der Waals surface area contributed by atoms with Crippen molar-refractivity contribution in [1.29, 1.82) is 0 Å². The summed E-state index contributed by atoms with van der Waals surface area (Å²) in [6.45, 7) is 0. The van der Waals surface area contributed by atoms with Crippen LogP contribution in [0, 0.1) is 0 Å². The van der Waals surface area contributed by atoms with Crippen molar-refractivity contribution in [3.05, 3.63) is 308 Å². The number of nitrogens with zero attached hydrogens (tertiary/aromatic N) is 8. The lowest BCUT2D eigenvalue weighted by molar-refractivity contribution is 0.454. The molecule has 17 aromatic rings. The summed E-state index contributed by atoms with van der Waals surface area (Å²) in [6, 6.07) is 96.3. The normalized spacial score (nSPS) is 11.1. The minimum absolute atomic E-state index is 0.113. The standard InChI is InChI=1S/C48H30N4O.C16H12BO2.C16H8Cl2N4O/c1-3-12-39-31(8-1)10-5-14-41(39)33-17-21-35(22-18-33)44-30-45(36-23-27-38(28-24-36)47-52-43-16-7-29-49-48(43)53-47)51-46(50-44)37-25-19-34(20-26-37)42-15-6-11-32-9-2-4-13-40(32)42;18-17-19-14-10-8-13(9-11-14)16-7-3-5-12-4-1-2-6-15(12)16;17-13-8-12(21-16(18)22-13)9-3-5-10(6-4-9)14-20-11-2-1-7-19-15(11)23-14/h1-30H;1-11,18H;1-8H. The molecule has 1 N–H and O–H groups in total. The molecule has 15 heteroatoms. The van der Waals surface area contributed by atoms with E-state index < -0.39 is 0 Å². The molecule has 0 bridgehead atoms. The SMILES string of the molecule is Clc1cc(-c2ccc(-c3nc4cccnc4o3)cc2)nc(Cl)n1.O[B]Oc1ccc(-c2cccc3ccccc23)cc1.c1ccc2c(-c3ccc(-c4cc(-c5ccc(-c6nc7cccnc7o6)cc5)nc(-c5ccc(-c6cccc7ccccc67)cc5)n4)cc3)cccc2c1. The largest absolute Gasteiger partial charge is 0.569 e. The number of halogens is 2. The van der Waals surface area contributed by atoms with Crippen molar-refractivity contribution in [3.8, 4) is 107 Å². The van der Waals surface area contributed by atoms with Crippen LogP contribution in [0.5, 0.6) is 5.75 Å². The van der Waals surface area contributed by atoms with E-state index in [2.05, 4.69) is 212 Å². The molecule has 0 aliphatic rings. The fourth-order valence-corrected chi connectivity index (χ4v) is 12.0. The van der Waals surface area contributed by atoms with Gasteiger partial charge in [0.2, 0.25) is 28.5 Å². The molecular weight excluding hydrogens is 1220 g/mol. The average Bonchev–Trinajstić information content (AvgIpc) is 1.53. The quantitative estimate of drug-likeness (QED) is 0.0743.